The zero-order valence-electron chi connectivity index (χ0n) is 14.1. The summed E-state index contributed by atoms with van der Waals surface area (Å²) >= 11 is 3.71. The van der Waals surface area contributed by atoms with Crippen molar-refractivity contribution in [3.8, 4) is 0 Å². The van der Waals surface area contributed by atoms with Crippen molar-refractivity contribution < 1.29 is 19.1 Å². The average Bonchev–Trinajstić information content (AvgIpc) is 3.30. The molecule has 2 bridgehead atoms. The summed E-state index contributed by atoms with van der Waals surface area (Å²) in [6.45, 7) is 0. The highest BCUT2D eigenvalue weighted by Crippen LogP contribution is 2.67. The van der Waals surface area contributed by atoms with Gasteiger partial charge in [-0.1, -0.05) is 30.3 Å². The van der Waals surface area contributed by atoms with Gasteiger partial charge in [0.05, 0.1) is 26.1 Å². The zero-order valence-corrected chi connectivity index (χ0v) is 15.7. The summed E-state index contributed by atoms with van der Waals surface area (Å²) in [5.74, 6) is -0.905. The first-order valence-electron chi connectivity index (χ1n) is 8.39. The molecular formula is C19H20O4S2. The molecule has 6 heteroatoms. The largest absolute Gasteiger partial charge is 0.469 e. The van der Waals surface area contributed by atoms with Crippen LogP contribution in [0.25, 0.3) is 6.08 Å². The van der Waals surface area contributed by atoms with E-state index in [2.05, 4.69) is 18.2 Å². The van der Waals surface area contributed by atoms with Crippen LogP contribution in [0.3, 0.4) is 0 Å². The molecule has 0 amide bonds. The lowest BCUT2D eigenvalue weighted by atomic mass is 9.78. The Morgan fingerprint density at radius 3 is 1.96 bits per heavy atom. The van der Waals surface area contributed by atoms with Crippen molar-refractivity contribution in [2.75, 3.05) is 14.2 Å². The molecule has 1 aromatic carbocycles. The van der Waals surface area contributed by atoms with Gasteiger partial charge in [-0.25, -0.2) is 0 Å². The summed E-state index contributed by atoms with van der Waals surface area (Å²) in [5.41, 5.74) is 1.18. The molecule has 2 aliphatic carbocycles. The third-order valence-corrected chi connectivity index (χ3v) is 8.84. The molecule has 0 radical (unpaired) electrons. The summed E-state index contributed by atoms with van der Waals surface area (Å²) in [7, 11) is 2.80. The van der Waals surface area contributed by atoms with Crippen LogP contribution in [0.4, 0.5) is 0 Å². The second kappa shape index (κ2) is 6.72. The standard InChI is InChI=1S/C19H20O4S2/c1-22-18(20)14-11-9-12(15(14)19(21)23-2)17-16(11)24-13(25-17)8-10-6-4-3-5-7-10/h3-8,11-12,14-17H,9H2,1-2H3/t11-,12+,14-,15-,16-,17+/m1/s1. The predicted octanol–water partition coefficient (Wildman–Crippen LogP) is 3.43. The molecular weight excluding hydrogens is 356 g/mol. The van der Waals surface area contributed by atoms with E-state index in [-0.39, 0.29) is 35.6 Å². The van der Waals surface area contributed by atoms with E-state index in [1.165, 1.54) is 24.0 Å². The third-order valence-electron chi connectivity index (χ3n) is 5.56. The molecule has 1 saturated heterocycles. The minimum Gasteiger partial charge on any atom is -0.469 e. The van der Waals surface area contributed by atoms with Gasteiger partial charge in [0.2, 0.25) is 0 Å². The lowest BCUT2D eigenvalue weighted by Crippen LogP contribution is -2.44. The van der Waals surface area contributed by atoms with Gasteiger partial charge in [0.15, 0.2) is 0 Å². The number of carbonyl (C=O) groups excluding carboxylic acids is 2. The number of rotatable bonds is 3. The second-order valence-corrected chi connectivity index (χ2v) is 9.40. The number of carbonyl (C=O) groups is 2. The topological polar surface area (TPSA) is 52.6 Å². The van der Waals surface area contributed by atoms with Crippen molar-refractivity contribution in [2.45, 2.75) is 16.9 Å². The van der Waals surface area contributed by atoms with Gasteiger partial charge >= 0.3 is 11.9 Å². The fourth-order valence-corrected chi connectivity index (χ4v) is 8.33. The SMILES string of the molecule is COC(=O)[C@@H]1[C@@H]2C[C@@H]([C@H]3SC(=Cc4ccccc4)S[C@@H]23)[C@H]1C(=O)OC. The molecule has 0 unspecified atom stereocenters. The minimum atomic E-state index is -0.368. The number of fused-ring (bicyclic) bond motifs is 5. The fraction of sp³-hybridized carbons (Fsp3) is 0.474. The number of hydrogen-bond donors (Lipinski definition) is 0. The highest BCUT2D eigenvalue weighted by molar-refractivity contribution is 8.26. The van der Waals surface area contributed by atoms with E-state index in [0.717, 1.165) is 6.42 Å². The van der Waals surface area contributed by atoms with Crippen LogP contribution in [0.15, 0.2) is 34.6 Å². The summed E-state index contributed by atoms with van der Waals surface area (Å²) in [5, 5.41) is 0.741. The van der Waals surface area contributed by atoms with Crippen molar-refractivity contribution in [1.29, 1.82) is 0 Å². The first kappa shape index (κ1) is 17.0. The van der Waals surface area contributed by atoms with Crippen LogP contribution < -0.4 is 0 Å². The lowest BCUT2D eigenvalue weighted by molar-refractivity contribution is -0.159. The molecule has 0 aromatic heterocycles. The Morgan fingerprint density at radius 2 is 1.48 bits per heavy atom. The van der Waals surface area contributed by atoms with Crippen molar-refractivity contribution in [3.63, 3.8) is 0 Å². The number of ether oxygens (including phenoxy) is 2. The molecule has 3 fully saturated rings. The summed E-state index contributed by atoms with van der Waals surface area (Å²) < 4.78 is 11.3. The number of esters is 2. The van der Waals surface area contributed by atoms with E-state index in [1.54, 1.807) is 0 Å². The number of hydrogen-bond acceptors (Lipinski definition) is 6. The van der Waals surface area contributed by atoms with Crippen molar-refractivity contribution in [2.24, 2.45) is 23.7 Å². The average molecular weight is 376 g/mol. The normalized spacial score (nSPS) is 37.1. The Balaban J connectivity index is 1.61. The predicted molar refractivity (Wildman–Crippen MR) is 99.8 cm³/mol. The van der Waals surface area contributed by atoms with Gasteiger partial charge in [-0.15, -0.1) is 23.5 Å². The second-order valence-electron chi connectivity index (χ2n) is 6.70. The maximum atomic E-state index is 12.3. The fourth-order valence-electron chi connectivity index (χ4n) is 4.58. The quantitative estimate of drug-likeness (QED) is 0.754. The Morgan fingerprint density at radius 1 is 0.960 bits per heavy atom. The molecule has 2 saturated carbocycles. The molecule has 4 rings (SSSR count). The number of thioether (sulfide) groups is 2. The van der Waals surface area contributed by atoms with Crippen LogP contribution in [-0.2, 0) is 19.1 Å². The highest BCUT2D eigenvalue weighted by atomic mass is 32.2. The van der Waals surface area contributed by atoms with E-state index in [1.807, 2.05) is 41.7 Å². The molecule has 25 heavy (non-hydrogen) atoms. The lowest BCUT2D eigenvalue weighted by Gasteiger charge is -2.33. The highest BCUT2D eigenvalue weighted by Gasteiger charge is 2.65. The van der Waals surface area contributed by atoms with Gasteiger partial charge in [-0.05, 0) is 29.9 Å². The van der Waals surface area contributed by atoms with Crippen LogP contribution >= 0.6 is 23.5 Å². The Kier molecular flexibility index (Phi) is 4.58. The Labute approximate surface area is 155 Å². The van der Waals surface area contributed by atoms with Gasteiger partial charge in [0, 0.05) is 14.7 Å². The summed E-state index contributed by atoms with van der Waals surface area (Å²) in [6.07, 6.45) is 3.11. The van der Waals surface area contributed by atoms with Gasteiger partial charge in [0.25, 0.3) is 0 Å². The molecule has 0 spiro atoms. The van der Waals surface area contributed by atoms with Gasteiger partial charge < -0.3 is 9.47 Å². The van der Waals surface area contributed by atoms with E-state index in [0.29, 0.717) is 10.5 Å². The molecule has 3 aliphatic rings. The first-order valence-corrected chi connectivity index (χ1v) is 10.2. The van der Waals surface area contributed by atoms with E-state index in [4.69, 9.17) is 9.47 Å². The molecule has 132 valence electrons. The van der Waals surface area contributed by atoms with Crippen molar-refractivity contribution in [1.82, 2.24) is 0 Å². The number of benzene rings is 1. The van der Waals surface area contributed by atoms with Crippen LogP contribution in [0.2, 0.25) is 0 Å². The number of methoxy groups -OCH3 is 2. The molecule has 0 N–H and O–H groups in total. The van der Waals surface area contributed by atoms with Crippen LogP contribution in [-0.4, -0.2) is 36.7 Å². The smallest absolute Gasteiger partial charge is 0.309 e. The van der Waals surface area contributed by atoms with E-state index < -0.39 is 0 Å². The molecule has 6 atom stereocenters. The van der Waals surface area contributed by atoms with E-state index >= 15 is 0 Å². The Hall–Kier alpha value is -1.40. The van der Waals surface area contributed by atoms with Crippen molar-refractivity contribution >= 4 is 41.5 Å². The molecule has 1 aromatic rings. The molecule has 1 aliphatic heterocycles. The first-order chi connectivity index (χ1) is 12.1. The van der Waals surface area contributed by atoms with Crippen molar-refractivity contribution in [3.05, 3.63) is 40.1 Å². The van der Waals surface area contributed by atoms with Crippen LogP contribution in [0, 0.1) is 23.7 Å². The zero-order chi connectivity index (χ0) is 17.6. The third kappa shape index (κ3) is 2.79. The maximum absolute atomic E-state index is 12.3. The van der Waals surface area contributed by atoms with Gasteiger partial charge in [0.1, 0.15) is 0 Å². The molecule has 4 nitrogen and oxygen atoms in total. The summed E-state index contributed by atoms with van der Waals surface area (Å²) in [4.78, 5) is 24.7. The van der Waals surface area contributed by atoms with Gasteiger partial charge in [-0.3, -0.25) is 9.59 Å². The minimum absolute atomic E-state index is 0.186. The van der Waals surface area contributed by atoms with E-state index in [9.17, 15) is 9.59 Å². The summed E-state index contributed by atoms with van der Waals surface area (Å²) in [6, 6.07) is 10.2. The monoisotopic (exact) mass is 376 g/mol. The van der Waals surface area contributed by atoms with Crippen LogP contribution in [0.5, 0.6) is 0 Å². The Bertz CT molecular complexity index is 679. The van der Waals surface area contributed by atoms with Gasteiger partial charge in [-0.2, -0.15) is 0 Å². The maximum Gasteiger partial charge on any atom is 0.309 e. The molecule has 1 heterocycles. The van der Waals surface area contributed by atoms with Crippen LogP contribution in [0.1, 0.15) is 12.0 Å².